The molecular weight excluding hydrogens is 1520 g/mol. The Bertz CT molecular complexity index is 3530. The number of hydrogen-bond donors (Lipinski definition) is 3. The molecule has 26 heteroatoms. The molecule has 0 spiro atoms. The second-order valence-corrected chi connectivity index (χ2v) is 27.6. The summed E-state index contributed by atoms with van der Waals surface area (Å²) in [6, 6.07) is 41.7. The van der Waals surface area contributed by atoms with Crippen LogP contribution in [0.5, 0.6) is 23.0 Å². The number of hydrogen-bond acceptors (Lipinski definition) is 16. The van der Waals surface area contributed by atoms with E-state index in [-0.39, 0.29) is 154 Å². The van der Waals surface area contributed by atoms with Crippen molar-refractivity contribution in [1.82, 2.24) is 0 Å². The van der Waals surface area contributed by atoms with Gasteiger partial charge >= 0.3 is 37.7 Å². The van der Waals surface area contributed by atoms with Crippen molar-refractivity contribution >= 4 is 59.6 Å². The van der Waals surface area contributed by atoms with Crippen molar-refractivity contribution in [3.8, 4) is 59.0 Å². The fourth-order valence-corrected chi connectivity index (χ4v) is 12.9. The Morgan fingerprint density at radius 1 is 0.440 bits per heavy atom. The molecule has 109 heavy (non-hydrogen) atoms. The normalized spacial score (nSPS) is 22.2. The predicted octanol–water partition coefficient (Wildman–Crippen LogP) is 9.69. The second-order valence-electron chi connectivity index (χ2n) is 25.0. The summed E-state index contributed by atoms with van der Waals surface area (Å²) in [7, 11) is -1.17. The predicted molar refractivity (Wildman–Crippen MR) is 405 cm³/mol. The molecule has 6 heterocycles. The molecule has 0 saturated carbocycles. The standard InChI is InChI=1S/C21H27FO4.C18H19FO3S.C16H19FO3.C12H15FO3.C9H14O2.C6H6O2S.CH4.Ca.2ClH/c22-17-10-12-18(13-11-17)25-16-20-8-5-7-19(26-20)6-1-3-14-23-21-9-2-4-15-24-21;19-14-9-11-15(12-10-14)21-13-16-5-4-8-18(22-16)23(20)17-6-2-1-3-7-17;17-13-7-9-14(10-8-13)19-12-16-6-3-5-15(20-16)4-1-2-11-18;13-9-4-6-10(7-5-9)15-8-11-2-1-3-12(14)16-11;1-2-3-7-10-9-6-4-5-8-11-9;7-9(8)6-4-2-1-3-5-6;;;;/h10-13,19-21H,2-5,7-9,14-16H2;1-3,6-7,9-12,16,18H,4-5,8,13H2;7-10,15-16,18H,2-3,5-6,11-12H2;4-7,11-12,14H,1-3,8H2;1,9H,3-8H2;1-5H,(H,7,8);1H4;;2*1H/q;;;;;;;+2;;/p-2/t19-,20+,21?;16-,18?,23?;15-,16+;11-,12?;;;;;;/m1010....../s1. The van der Waals surface area contributed by atoms with Crippen LogP contribution in [0.3, 0.4) is 0 Å². The van der Waals surface area contributed by atoms with Gasteiger partial charge in [-0.25, -0.2) is 21.8 Å². The summed E-state index contributed by atoms with van der Waals surface area (Å²) in [5.41, 5.74) is -0.298. The van der Waals surface area contributed by atoms with Gasteiger partial charge in [0.25, 0.3) is 0 Å². The van der Waals surface area contributed by atoms with Crippen LogP contribution in [0.1, 0.15) is 142 Å². The topological polar surface area (TPSA) is 206 Å². The Morgan fingerprint density at radius 3 is 1.17 bits per heavy atom. The molecule has 6 aliphatic heterocycles. The first-order valence-electron chi connectivity index (χ1n) is 36.2. The number of ether oxygens (including phenoxy) is 12. The fourth-order valence-electron chi connectivity index (χ4n) is 11.1. The molecule has 6 aromatic rings. The molecule has 3 N–H and O–H groups in total. The molecular formula is C83H104CaCl2F4O17S2. The molecule has 594 valence electrons. The maximum atomic E-state index is 12.9. The van der Waals surface area contributed by atoms with Gasteiger partial charge < -0.3 is 96.4 Å². The Kier molecular flexibility index (Phi) is 53.3. The average molecular weight is 1620 g/mol. The molecule has 6 aromatic carbocycles. The van der Waals surface area contributed by atoms with Crippen LogP contribution in [0, 0.1) is 59.3 Å². The van der Waals surface area contributed by atoms with Gasteiger partial charge in [0, 0.05) is 37.4 Å². The summed E-state index contributed by atoms with van der Waals surface area (Å²) >= 11 is -1.83. The largest absolute Gasteiger partial charge is 2.00 e. The molecule has 6 saturated heterocycles. The van der Waals surface area contributed by atoms with Crippen LogP contribution in [-0.2, 0) is 59.8 Å². The molecule has 6 unspecified atom stereocenters. The number of halogens is 6. The smallest absolute Gasteiger partial charge is 1.00 e. The molecule has 12 rings (SSSR count). The molecule has 6 fully saturated rings. The summed E-state index contributed by atoms with van der Waals surface area (Å²) < 4.78 is 150. The van der Waals surface area contributed by atoms with Gasteiger partial charge in [-0.3, -0.25) is 4.21 Å². The van der Waals surface area contributed by atoms with E-state index in [1.807, 2.05) is 30.3 Å². The average Bonchev–Trinajstić information content (AvgIpc) is 0.850. The van der Waals surface area contributed by atoms with Crippen LogP contribution < -0.4 is 43.8 Å². The van der Waals surface area contributed by atoms with Crippen LogP contribution in [0.4, 0.5) is 17.6 Å². The first-order valence-corrected chi connectivity index (χ1v) is 38.5. The third-order valence-electron chi connectivity index (χ3n) is 16.6. The van der Waals surface area contributed by atoms with Crippen molar-refractivity contribution in [3.05, 3.63) is 181 Å². The van der Waals surface area contributed by atoms with Gasteiger partial charge in [0.1, 0.15) is 90.3 Å². The first kappa shape index (κ1) is 97.8. The van der Waals surface area contributed by atoms with Gasteiger partial charge in [-0.1, -0.05) is 67.5 Å². The maximum Gasteiger partial charge on any atom is 2.00 e. The number of aliphatic hydroxyl groups excluding tert-OH is 2. The van der Waals surface area contributed by atoms with E-state index < -0.39 is 28.2 Å². The zero-order valence-corrected chi connectivity index (χ0v) is 66.3. The molecule has 0 aliphatic carbocycles. The summed E-state index contributed by atoms with van der Waals surface area (Å²) in [6.07, 6.45) is 23.7. The van der Waals surface area contributed by atoms with Crippen LogP contribution in [-0.4, -0.2) is 181 Å². The van der Waals surface area contributed by atoms with Crippen LogP contribution in [0.2, 0.25) is 0 Å². The number of benzene rings is 6. The number of aliphatic hydroxyl groups is 2. The summed E-state index contributed by atoms with van der Waals surface area (Å²) in [4.78, 5) is 1.23. The summed E-state index contributed by atoms with van der Waals surface area (Å²) in [5, 5.41) is 18.0. The van der Waals surface area contributed by atoms with Crippen molar-refractivity contribution in [2.24, 2.45) is 0 Å². The van der Waals surface area contributed by atoms with E-state index in [0.29, 0.717) is 93.2 Å². The third kappa shape index (κ3) is 42.4. The van der Waals surface area contributed by atoms with Gasteiger partial charge in [0.2, 0.25) is 0 Å². The van der Waals surface area contributed by atoms with E-state index in [2.05, 4.69) is 29.6 Å². The SMILES string of the molecule is C.C#CCCOC1CCCCO1.Fc1ccc(OC[C@@H]2CCC[C@@H](C#CCCOC3CCCCO3)O2)cc1.O=S(O)c1ccccc1.O=S(c1ccccc1)C1CCC[C@@H](COc2ccc(F)cc2)O1.OC1CCC[C@@H](COc2ccc(F)cc2)O1.OCCC#C[C@@H]1CCC[C@@H](COc2ccc(F)cc2)O1.[Ca+2].[Cl-].[Cl-]. The van der Waals surface area contributed by atoms with E-state index in [1.165, 1.54) is 61.4 Å². The fraction of sp³-hybridized carbons (Fsp3) is 0.494. The molecule has 17 nitrogen and oxygen atoms in total. The minimum atomic E-state index is -1.83. The van der Waals surface area contributed by atoms with E-state index in [0.717, 1.165) is 114 Å². The summed E-state index contributed by atoms with van der Waals surface area (Å²) in [6.45, 7) is 4.63. The van der Waals surface area contributed by atoms with Gasteiger partial charge in [-0.15, -0.1) is 12.3 Å². The second kappa shape index (κ2) is 59.4. The van der Waals surface area contributed by atoms with E-state index in [1.54, 1.807) is 78.9 Å². The molecule has 0 bridgehead atoms. The van der Waals surface area contributed by atoms with E-state index >= 15 is 0 Å². The quantitative estimate of drug-likeness (QED) is 0.0190. The van der Waals surface area contributed by atoms with Crippen molar-refractivity contribution in [2.45, 2.75) is 213 Å². The Morgan fingerprint density at radius 2 is 0.807 bits per heavy atom. The molecule has 6 aliphatic rings. The summed E-state index contributed by atoms with van der Waals surface area (Å²) in [5.74, 6) is 16.2. The minimum absolute atomic E-state index is 0. The zero-order valence-electron chi connectivity index (χ0n) is 60.9. The Balaban J connectivity index is 0.000000347. The van der Waals surface area contributed by atoms with Gasteiger partial charge in [0.15, 0.2) is 30.0 Å². The van der Waals surface area contributed by atoms with Gasteiger partial charge in [-0.05, 0) is 237 Å². The Labute approximate surface area is 689 Å². The van der Waals surface area contributed by atoms with Crippen LogP contribution in [0.15, 0.2) is 168 Å². The van der Waals surface area contributed by atoms with Crippen molar-refractivity contribution < 1.29 is 122 Å². The van der Waals surface area contributed by atoms with E-state index in [9.17, 15) is 31.1 Å². The van der Waals surface area contributed by atoms with E-state index in [4.69, 9.17) is 72.9 Å². The Hall–Kier alpha value is -5.38. The van der Waals surface area contributed by atoms with Crippen LogP contribution in [0.25, 0.3) is 0 Å². The molecule has 0 amide bonds. The van der Waals surface area contributed by atoms with Gasteiger partial charge in [0.05, 0.1) is 59.9 Å². The van der Waals surface area contributed by atoms with Crippen molar-refractivity contribution in [2.75, 3.05) is 59.5 Å². The zero-order chi connectivity index (χ0) is 74.3. The minimum Gasteiger partial charge on any atom is -1.00 e. The number of rotatable bonds is 22. The van der Waals surface area contributed by atoms with Crippen LogP contribution >= 0.6 is 0 Å². The third-order valence-corrected chi connectivity index (χ3v) is 18.8. The van der Waals surface area contributed by atoms with Crippen molar-refractivity contribution in [1.29, 1.82) is 0 Å². The monoisotopic (exact) mass is 1620 g/mol. The number of terminal acetylenes is 1. The van der Waals surface area contributed by atoms with Crippen molar-refractivity contribution in [3.63, 3.8) is 0 Å². The maximum absolute atomic E-state index is 12.9. The first-order chi connectivity index (χ1) is 51.3. The van der Waals surface area contributed by atoms with Gasteiger partial charge in [-0.2, -0.15) is 0 Å². The molecule has 12 atom stereocenters. The molecule has 0 aromatic heterocycles. The molecule has 0 radical (unpaired) electrons.